The average Bonchev–Trinajstić information content (AvgIpc) is 3.20. The van der Waals surface area contributed by atoms with Gasteiger partial charge in [0.2, 0.25) is 11.8 Å². The van der Waals surface area contributed by atoms with Crippen molar-refractivity contribution in [3.8, 4) is 0 Å². The molecule has 1 aromatic carbocycles. The highest BCUT2D eigenvalue weighted by molar-refractivity contribution is 5.29. The Hall–Kier alpha value is -1.68. The summed E-state index contributed by atoms with van der Waals surface area (Å²) in [4.78, 5) is 2.38. The molecule has 1 aliphatic carbocycles. The van der Waals surface area contributed by atoms with Crippen LogP contribution in [0.25, 0.3) is 0 Å². The number of rotatable bonds is 3. The largest absolute Gasteiger partial charge is 0.424 e. The summed E-state index contributed by atoms with van der Waals surface area (Å²) in [5.74, 6) is 2.15. The van der Waals surface area contributed by atoms with Gasteiger partial charge in [-0.05, 0) is 30.4 Å². The molecule has 0 bridgehead atoms. The highest BCUT2D eigenvalue weighted by Gasteiger charge is 2.29. The van der Waals surface area contributed by atoms with Crippen LogP contribution >= 0.6 is 0 Å². The lowest BCUT2D eigenvalue weighted by Gasteiger charge is -2.27. The quantitative estimate of drug-likeness (QED) is 0.845. The Labute approximate surface area is 112 Å². The third kappa shape index (κ3) is 2.28. The molecule has 1 aliphatic heterocycles. The van der Waals surface area contributed by atoms with Gasteiger partial charge in [-0.25, -0.2) is 0 Å². The van der Waals surface area contributed by atoms with Crippen LogP contribution in [0.5, 0.6) is 0 Å². The van der Waals surface area contributed by atoms with E-state index in [1.165, 1.54) is 24.0 Å². The first-order chi connectivity index (χ1) is 9.38. The van der Waals surface area contributed by atoms with E-state index in [9.17, 15) is 0 Å². The van der Waals surface area contributed by atoms with Gasteiger partial charge in [-0.1, -0.05) is 24.3 Å². The fraction of sp³-hybridized carbons (Fsp3) is 0.467. The summed E-state index contributed by atoms with van der Waals surface area (Å²) in [7, 11) is 0. The number of benzene rings is 1. The molecule has 0 spiro atoms. The van der Waals surface area contributed by atoms with Crippen molar-refractivity contribution in [1.82, 2.24) is 15.1 Å². The molecule has 0 unspecified atom stereocenters. The zero-order valence-electron chi connectivity index (χ0n) is 10.9. The van der Waals surface area contributed by atoms with Crippen molar-refractivity contribution in [2.24, 2.45) is 0 Å². The maximum atomic E-state index is 5.73. The normalized spacial score (nSPS) is 19.4. The van der Waals surface area contributed by atoms with Crippen molar-refractivity contribution in [1.29, 1.82) is 0 Å². The molecule has 4 heteroatoms. The summed E-state index contributed by atoms with van der Waals surface area (Å²) < 4.78 is 5.73. The number of hydrogen-bond acceptors (Lipinski definition) is 4. The molecule has 2 aliphatic rings. The van der Waals surface area contributed by atoms with Crippen LogP contribution in [-0.4, -0.2) is 21.6 Å². The fourth-order valence-electron chi connectivity index (χ4n) is 2.71. The van der Waals surface area contributed by atoms with E-state index in [1.807, 2.05) is 0 Å². The van der Waals surface area contributed by atoms with Gasteiger partial charge in [-0.3, -0.25) is 4.90 Å². The molecule has 4 nitrogen and oxygen atoms in total. The molecule has 0 N–H and O–H groups in total. The van der Waals surface area contributed by atoms with Gasteiger partial charge in [-0.15, -0.1) is 10.2 Å². The van der Waals surface area contributed by atoms with E-state index in [0.717, 1.165) is 37.8 Å². The van der Waals surface area contributed by atoms with Crippen LogP contribution in [0.15, 0.2) is 28.7 Å². The van der Waals surface area contributed by atoms with E-state index in [-0.39, 0.29) is 0 Å². The van der Waals surface area contributed by atoms with Gasteiger partial charge in [0.25, 0.3) is 0 Å². The van der Waals surface area contributed by atoms with Crippen molar-refractivity contribution in [2.75, 3.05) is 6.54 Å². The third-order valence-electron chi connectivity index (χ3n) is 3.98. The van der Waals surface area contributed by atoms with Crippen LogP contribution in [0.3, 0.4) is 0 Å². The molecular weight excluding hydrogens is 238 g/mol. The molecule has 2 aromatic rings. The Kier molecular flexibility index (Phi) is 2.62. The second-order valence-electron chi connectivity index (χ2n) is 5.54. The minimum Gasteiger partial charge on any atom is -0.424 e. The molecule has 0 saturated heterocycles. The second kappa shape index (κ2) is 4.46. The van der Waals surface area contributed by atoms with Crippen molar-refractivity contribution in [3.63, 3.8) is 0 Å². The molecule has 0 amide bonds. The van der Waals surface area contributed by atoms with Gasteiger partial charge >= 0.3 is 0 Å². The van der Waals surface area contributed by atoms with E-state index in [0.29, 0.717) is 5.92 Å². The lowest BCUT2D eigenvalue weighted by Crippen LogP contribution is -2.30. The zero-order chi connectivity index (χ0) is 12.7. The van der Waals surface area contributed by atoms with E-state index in [4.69, 9.17) is 4.42 Å². The highest BCUT2D eigenvalue weighted by Crippen LogP contribution is 2.39. The van der Waals surface area contributed by atoms with Gasteiger partial charge in [0.15, 0.2) is 0 Å². The summed E-state index contributed by atoms with van der Waals surface area (Å²) in [6.45, 7) is 2.82. The summed E-state index contributed by atoms with van der Waals surface area (Å²) in [5, 5.41) is 8.31. The van der Waals surface area contributed by atoms with Crippen LogP contribution in [-0.2, 0) is 19.5 Å². The SMILES string of the molecule is c1ccc2c(c1)CCN(Cc1nnc(C3CC3)o1)C2. The van der Waals surface area contributed by atoms with Crippen LogP contribution in [0.2, 0.25) is 0 Å². The molecule has 0 radical (unpaired) electrons. The van der Waals surface area contributed by atoms with Crippen molar-refractivity contribution >= 4 is 0 Å². The van der Waals surface area contributed by atoms with Crippen molar-refractivity contribution in [2.45, 2.75) is 38.3 Å². The van der Waals surface area contributed by atoms with Gasteiger partial charge in [0.1, 0.15) is 0 Å². The lowest BCUT2D eigenvalue weighted by molar-refractivity contribution is 0.219. The summed E-state index contributed by atoms with van der Waals surface area (Å²) >= 11 is 0. The van der Waals surface area contributed by atoms with Crippen LogP contribution in [0.1, 0.15) is 41.7 Å². The van der Waals surface area contributed by atoms with Crippen LogP contribution < -0.4 is 0 Å². The third-order valence-corrected chi connectivity index (χ3v) is 3.98. The molecule has 1 fully saturated rings. The number of fused-ring (bicyclic) bond motifs is 1. The fourth-order valence-corrected chi connectivity index (χ4v) is 2.71. The second-order valence-corrected chi connectivity index (χ2v) is 5.54. The van der Waals surface area contributed by atoms with E-state index in [2.05, 4.69) is 39.4 Å². The van der Waals surface area contributed by atoms with E-state index >= 15 is 0 Å². The number of hydrogen-bond donors (Lipinski definition) is 0. The minimum absolute atomic E-state index is 0.545. The minimum atomic E-state index is 0.545. The van der Waals surface area contributed by atoms with Gasteiger partial charge in [0.05, 0.1) is 6.54 Å². The Morgan fingerprint density at radius 2 is 2.00 bits per heavy atom. The Balaban J connectivity index is 1.46. The zero-order valence-corrected chi connectivity index (χ0v) is 10.9. The summed E-state index contributed by atoms with van der Waals surface area (Å²) in [6.07, 6.45) is 3.53. The number of nitrogens with zero attached hydrogens (tertiary/aromatic N) is 3. The first kappa shape index (κ1) is 11.2. The van der Waals surface area contributed by atoms with Crippen LogP contribution in [0, 0.1) is 0 Å². The molecule has 1 saturated carbocycles. The maximum absolute atomic E-state index is 5.73. The summed E-state index contributed by atoms with van der Waals surface area (Å²) in [5.41, 5.74) is 2.90. The molecule has 0 atom stereocenters. The maximum Gasteiger partial charge on any atom is 0.230 e. The van der Waals surface area contributed by atoms with Gasteiger partial charge in [0, 0.05) is 19.0 Å². The first-order valence-corrected chi connectivity index (χ1v) is 7.00. The monoisotopic (exact) mass is 255 g/mol. The van der Waals surface area contributed by atoms with Gasteiger partial charge < -0.3 is 4.42 Å². The van der Waals surface area contributed by atoms with Crippen molar-refractivity contribution < 1.29 is 4.42 Å². The molecular formula is C15H17N3O. The van der Waals surface area contributed by atoms with Gasteiger partial charge in [-0.2, -0.15) is 0 Å². The lowest BCUT2D eigenvalue weighted by atomic mass is 10.00. The Morgan fingerprint density at radius 3 is 2.84 bits per heavy atom. The number of aromatic nitrogens is 2. The van der Waals surface area contributed by atoms with E-state index in [1.54, 1.807) is 0 Å². The Bertz CT molecular complexity index is 589. The molecule has 98 valence electrons. The highest BCUT2D eigenvalue weighted by atomic mass is 16.4. The predicted octanol–water partition coefficient (Wildman–Crippen LogP) is 2.51. The predicted molar refractivity (Wildman–Crippen MR) is 70.5 cm³/mol. The summed E-state index contributed by atoms with van der Waals surface area (Å²) in [6, 6.07) is 8.67. The van der Waals surface area contributed by atoms with Crippen molar-refractivity contribution in [3.05, 3.63) is 47.2 Å². The first-order valence-electron chi connectivity index (χ1n) is 7.00. The molecule has 2 heterocycles. The average molecular weight is 255 g/mol. The van der Waals surface area contributed by atoms with E-state index < -0.39 is 0 Å². The Morgan fingerprint density at radius 1 is 1.16 bits per heavy atom. The molecule has 4 rings (SSSR count). The molecule has 1 aromatic heterocycles. The molecule has 19 heavy (non-hydrogen) atoms. The topological polar surface area (TPSA) is 42.2 Å². The smallest absolute Gasteiger partial charge is 0.230 e. The van der Waals surface area contributed by atoms with Crippen LogP contribution in [0.4, 0.5) is 0 Å². The standard InChI is InChI=1S/C15H17N3O/c1-2-4-13-9-18(8-7-11(13)3-1)10-14-16-17-15(19-14)12-5-6-12/h1-4,12H,5-10H2.